The molecule has 24 heavy (non-hydrogen) atoms. The van der Waals surface area contributed by atoms with Crippen LogP contribution >= 0.6 is 22.7 Å². The van der Waals surface area contributed by atoms with Crippen LogP contribution in [0.2, 0.25) is 0 Å². The minimum atomic E-state index is -0.266. The second kappa shape index (κ2) is 7.71. The lowest BCUT2D eigenvalue weighted by molar-refractivity contribution is -0.130. The van der Waals surface area contributed by atoms with E-state index in [1.54, 1.807) is 18.3 Å². The van der Waals surface area contributed by atoms with E-state index in [-0.39, 0.29) is 11.9 Å². The van der Waals surface area contributed by atoms with Crippen molar-refractivity contribution >= 4 is 39.7 Å². The van der Waals surface area contributed by atoms with E-state index in [9.17, 15) is 9.59 Å². The Hall–Kier alpha value is -2.00. The Balaban J connectivity index is 1.43. The molecule has 0 spiro atoms. The average molecular weight is 365 g/mol. The zero-order valence-electron chi connectivity index (χ0n) is 13.3. The van der Waals surface area contributed by atoms with Crippen molar-refractivity contribution in [2.75, 3.05) is 25.0 Å². The smallest absolute Gasteiger partial charge is 0.321 e. The number of thiophene rings is 1. The van der Waals surface area contributed by atoms with E-state index >= 15 is 0 Å². The monoisotopic (exact) mass is 365 g/mol. The van der Waals surface area contributed by atoms with Gasteiger partial charge in [-0.1, -0.05) is 17.4 Å². The highest BCUT2D eigenvalue weighted by Gasteiger charge is 2.21. The number of piperidine rings is 1. The number of hydrogen-bond acceptors (Lipinski definition) is 6. The first-order valence-electron chi connectivity index (χ1n) is 7.79. The highest BCUT2D eigenvalue weighted by Crippen LogP contribution is 2.29. The molecule has 2 aromatic heterocycles. The van der Waals surface area contributed by atoms with Crippen molar-refractivity contribution in [1.82, 2.24) is 20.4 Å². The van der Waals surface area contributed by atoms with Crippen LogP contribution in [-0.4, -0.2) is 46.7 Å². The number of amides is 3. The molecule has 0 bridgehead atoms. The molecule has 128 valence electrons. The Labute approximate surface area is 148 Å². The number of hydrogen-bond donors (Lipinski definition) is 2. The molecule has 0 aromatic carbocycles. The third-order valence-corrected chi connectivity index (χ3v) is 5.87. The van der Waals surface area contributed by atoms with Crippen LogP contribution in [0.4, 0.5) is 9.93 Å². The van der Waals surface area contributed by atoms with E-state index in [4.69, 9.17) is 0 Å². The summed E-state index contributed by atoms with van der Waals surface area (Å²) in [6.45, 7) is 3.74. The predicted octanol–water partition coefficient (Wildman–Crippen LogP) is 2.65. The van der Waals surface area contributed by atoms with Gasteiger partial charge in [0, 0.05) is 26.6 Å². The fraction of sp³-hybridized carbons (Fsp3) is 0.467. The molecule has 1 fully saturated rings. The van der Waals surface area contributed by atoms with Crippen molar-refractivity contribution in [1.29, 1.82) is 0 Å². The van der Waals surface area contributed by atoms with Crippen LogP contribution in [0.1, 0.15) is 19.8 Å². The molecule has 9 heteroatoms. The van der Waals surface area contributed by atoms with Gasteiger partial charge in [-0.25, -0.2) is 4.79 Å². The number of urea groups is 1. The number of carbonyl (C=O) groups excluding carboxylic acids is 2. The van der Waals surface area contributed by atoms with Crippen LogP contribution in [0.25, 0.3) is 9.88 Å². The van der Waals surface area contributed by atoms with Gasteiger partial charge >= 0.3 is 6.03 Å². The van der Waals surface area contributed by atoms with E-state index in [1.807, 2.05) is 22.4 Å². The molecule has 3 heterocycles. The van der Waals surface area contributed by atoms with Crippen LogP contribution < -0.4 is 10.6 Å². The molecular formula is C15H19N5O2S2. The third kappa shape index (κ3) is 4.30. The molecular weight excluding hydrogens is 346 g/mol. The summed E-state index contributed by atoms with van der Waals surface area (Å²) >= 11 is 2.95. The van der Waals surface area contributed by atoms with Gasteiger partial charge in [0.1, 0.15) is 0 Å². The highest BCUT2D eigenvalue weighted by molar-refractivity contribution is 7.23. The van der Waals surface area contributed by atoms with Crippen molar-refractivity contribution in [2.45, 2.75) is 19.8 Å². The molecule has 3 amide bonds. The number of nitrogens with zero attached hydrogens (tertiary/aromatic N) is 3. The molecule has 0 saturated carbocycles. The molecule has 1 saturated heterocycles. The maximum Gasteiger partial charge on any atom is 0.321 e. The van der Waals surface area contributed by atoms with Crippen LogP contribution in [0.5, 0.6) is 0 Å². The normalized spacial score (nSPS) is 15.3. The maximum atomic E-state index is 12.0. The number of aromatic nitrogens is 2. The number of likely N-dealkylation sites (tertiary alicyclic amines) is 1. The maximum absolute atomic E-state index is 12.0. The van der Waals surface area contributed by atoms with E-state index in [2.05, 4.69) is 20.8 Å². The molecule has 0 radical (unpaired) electrons. The SMILES string of the molecule is CC(=O)N1CCC(CNC(=O)Nc2nnc(-c3cccs3)s2)CC1. The van der Waals surface area contributed by atoms with Gasteiger partial charge in [0.05, 0.1) is 4.88 Å². The molecule has 7 nitrogen and oxygen atoms in total. The molecule has 3 rings (SSSR count). The summed E-state index contributed by atoms with van der Waals surface area (Å²) in [6, 6.07) is 3.67. The predicted molar refractivity (Wildman–Crippen MR) is 95.2 cm³/mol. The standard InChI is InChI=1S/C15H19N5O2S2/c1-10(21)20-6-4-11(5-7-20)9-16-14(22)17-15-19-18-13(24-15)12-3-2-8-23-12/h2-3,8,11H,4-7,9H2,1H3,(H2,16,17,19,22). The Morgan fingerprint density at radius 1 is 1.33 bits per heavy atom. The largest absolute Gasteiger partial charge is 0.343 e. The first kappa shape index (κ1) is 16.8. The highest BCUT2D eigenvalue weighted by atomic mass is 32.1. The van der Waals surface area contributed by atoms with Crippen LogP contribution in [0, 0.1) is 5.92 Å². The van der Waals surface area contributed by atoms with Crippen molar-refractivity contribution in [2.24, 2.45) is 5.92 Å². The van der Waals surface area contributed by atoms with E-state index in [0.29, 0.717) is 17.6 Å². The molecule has 1 aliphatic heterocycles. The van der Waals surface area contributed by atoms with E-state index in [0.717, 1.165) is 35.8 Å². The van der Waals surface area contributed by atoms with Gasteiger partial charge in [0.2, 0.25) is 11.0 Å². The van der Waals surface area contributed by atoms with Gasteiger partial charge in [-0.05, 0) is 30.2 Å². The zero-order chi connectivity index (χ0) is 16.9. The average Bonchev–Trinajstić information content (AvgIpc) is 3.24. The van der Waals surface area contributed by atoms with Crippen molar-refractivity contribution in [3.63, 3.8) is 0 Å². The Kier molecular flexibility index (Phi) is 5.41. The first-order valence-corrected chi connectivity index (χ1v) is 9.49. The minimum absolute atomic E-state index is 0.122. The molecule has 1 aliphatic rings. The number of nitrogens with one attached hydrogen (secondary N) is 2. The summed E-state index contributed by atoms with van der Waals surface area (Å²) in [5, 5.41) is 17.0. The molecule has 0 atom stereocenters. The topological polar surface area (TPSA) is 87.2 Å². The molecule has 0 aliphatic carbocycles. The Bertz CT molecular complexity index is 693. The minimum Gasteiger partial charge on any atom is -0.343 e. The zero-order valence-corrected chi connectivity index (χ0v) is 15.0. The molecule has 0 unspecified atom stereocenters. The summed E-state index contributed by atoms with van der Waals surface area (Å²) in [4.78, 5) is 26.2. The summed E-state index contributed by atoms with van der Waals surface area (Å²) in [5.74, 6) is 0.527. The lowest BCUT2D eigenvalue weighted by atomic mass is 9.97. The Morgan fingerprint density at radius 3 is 2.79 bits per heavy atom. The summed E-state index contributed by atoms with van der Waals surface area (Å²) < 4.78 is 0. The number of anilines is 1. The molecule has 2 aromatic rings. The van der Waals surface area contributed by atoms with Crippen molar-refractivity contribution in [3.8, 4) is 9.88 Å². The lowest BCUT2D eigenvalue weighted by Gasteiger charge is -2.31. The fourth-order valence-electron chi connectivity index (χ4n) is 2.60. The Morgan fingerprint density at radius 2 is 2.12 bits per heavy atom. The summed E-state index contributed by atoms with van der Waals surface area (Å²) in [6.07, 6.45) is 1.84. The van der Waals surface area contributed by atoms with Crippen LogP contribution in [0.3, 0.4) is 0 Å². The van der Waals surface area contributed by atoms with Gasteiger partial charge < -0.3 is 10.2 Å². The van der Waals surface area contributed by atoms with Crippen molar-refractivity contribution < 1.29 is 9.59 Å². The van der Waals surface area contributed by atoms with E-state index in [1.165, 1.54) is 11.3 Å². The summed E-state index contributed by atoms with van der Waals surface area (Å²) in [7, 11) is 0. The fourth-order valence-corrected chi connectivity index (χ4v) is 4.13. The van der Waals surface area contributed by atoms with E-state index < -0.39 is 0 Å². The summed E-state index contributed by atoms with van der Waals surface area (Å²) in [5.41, 5.74) is 0. The quantitative estimate of drug-likeness (QED) is 0.872. The first-order chi connectivity index (χ1) is 11.6. The molecule has 2 N–H and O–H groups in total. The second-order valence-electron chi connectivity index (χ2n) is 5.67. The number of rotatable bonds is 4. The van der Waals surface area contributed by atoms with Gasteiger partial charge in [-0.3, -0.25) is 10.1 Å². The van der Waals surface area contributed by atoms with Gasteiger partial charge in [-0.15, -0.1) is 21.5 Å². The third-order valence-electron chi connectivity index (χ3n) is 3.99. The lowest BCUT2D eigenvalue weighted by Crippen LogP contribution is -2.41. The number of carbonyl (C=O) groups is 2. The van der Waals surface area contributed by atoms with Gasteiger partial charge in [0.15, 0.2) is 5.01 Å². The van der Waals surface area contributed by atoms with Crippen LogP contribution in [-0.2, 0) is 4.79 Å². The van der Waals surface area contributed by atoms with Gasteiger partial charge in [-0.2, -0.15) is 0 Å². The van der Waals surface area contributed by atoms with Gasteiger partial charge in [0.25, 0.3) is 0 Å². The second-order valence-corrected chi connectivity index (χ2v) is 7.60. The van der Waals surface area contributed by atoms with Crippen molar-refractivity contribution in [3.05, 3.63) is 17.5 Å². The van der Waals surface area contributed by atoms with Crippen LogP contribution in [0.15, 0.2) is 17.5 Å².